The van der Waals surface area contributed by atoms with Crippen molar-refractivity contribution in [3.05, 3.63) is 35.0 Å². The van der Waals surface area contributed by atoms with Crippen LogP contribution < -0.4 is 16.4 Å². The van der Waals surface area contributed by atoms with Gasteiger partial charge in [-0.25, -0.2) is 18.7 Å². The van der Waals surface area contributed by atoms with Crippen LogP contribution in [0.1, 0.15) is 51.5 Å². The van der Waals surface area contributed by atoms with E-state index in [1.54, 1.807) is 6.20 Å². The van der Waals surface area contributed by atoms with Crippen molar-refractivity contribution in [1.82, 2.24) is 19.5 Å². The van der Waals surface area contributed by atoms with Gasteiger partial charge in [0.1, 0.15) is 11.3 Å². The summed E-state index contributed by atoms with van der Waals surface area (Å²) in [7, 11) is 0. The Kier molecular flexibility index (Phi) is 6.94. The number of ether oxygens (including phenoxy) is 1. The van der Waals surface area contributed by atoms with Crippen molar-refractivity contribution in [1.29, 1.82) is 0 Å². The highest BCUT2D eigenvalue weighted by molar-refractivity contribution is 6.33. The van der Waals surface area contributed by atoms with Crippen molar-refractivity contribution in [2.45, 2.75) is 63.6 Å². The number of halogens is 3. The lowest BCUT2D eigenvalue weighted by Crippen LogP contribution is -2.33. The molecule has 3 aromatic rings. The molecule has 2 aliphatic rings. The Balaban J connectivity index is 1.51. The largest absolute Gasteiger partial charge is 0.378 e. The lowest BCUT2D eigenvalue weighted by molar-refractivity contribution is -0.122. The topological polar surface area (TPSA) is 120 Å². The first kappa shape index (κ1) is 24.6. The minimum Gasteiger partial charge on any atom is -0.378 e. The number of rotatable bonds is 6. The van der Waals surface area contributed by atoms with Crippen LogP contribution in [0.25, 0.3) is 11.2 Å². The molecule has 0 spiro atoms. The second kappa shape index (κ2) is 10.1. The molecule has 9 nitrogen and oxygen atoms in total. The van der Waals surface area contributed by atoms with Crippen molar-refractivity contribution in [2.75, 3.05) is 17.2 Å². The SMILES string of the molecule is C[C@H]1C[C@@H](Nc2ncc3nc(Nc4c(F)cc(F)cc4Cl)n(C4CCC(C(N)=O)CC4)c3n2)CCO1. The molecule has 1 aliphatic carbocycles. The number of amides is 1. The number of nitrogens with zero attached hydrogens (tertiary/aromatic N) is 4. The van der Waals surface area contributed by atoms with Crippen LogP contribution in [0.2, 0.25) is 5.02 Å². The van der Waals surface area contributed by atoms with Gasteiger partial charge in [-0.3, -0.25) is 9.36 Å². The number of hydrogen-bond donors (Lipinski definition) is 3. The number of benzene rings is 1. The standard InChI is InChI=1S/C24H28ClF2N7O2/c1-12-8-15(6-7-36-12)30-23-29-11-19-22(33-23)34(16-4-2-13(3-5-16)21(28)35)24(31-19)32-20-17(25)9-14(26)10-18(20)27/h9-13,15-16H,2-8H2,1H3,(H2,28,35)(H,31,32)(H,29,30,33)/t12-,13?,15-,16?/m0/s1. The fraction of sp³-hybridized carbons (Fsp3) is 0.500. The maximum Gasteiger partial charge on any atom is 0.224 e. The van der Waals surface area contributed by atoms with E-state index in [-0.39, 0.29) is 40.7 Å². The molecule has 2 atom stereocenters. The summed E-state index contributed by atoms with van der Waals surface area (Å²) in [5, 5.41) is 6.23. The van der Waals surface area contributed by atoms with E-state index in [4.69, 9.17) is 27.1 Å². The Morgan fingerprint density at radius 2 is 1.97 bits per heavy atom. The van der Waals surface area contributed by atoms with Gasteiger partial charge < -0.3 is 21.1 Å². The van der Waals surface area contributed by atoms with Gasteiger partial charge in [-0.2, -0.15) is 4.98 Å². The molecule has 1 saturated heterocycles. The zero-order chi connectivity index (χ0) is 25.4. The van der Waals surface area contributed by atoms with Crippen LogP contribution in [-0.4, -0.2) is 44.2 Å². The van der Waals surface area contributed by atoms with Gasteiger partial charge in [0, 0.05) is 30.7 Å². The molecule has 1 saturated carbocycles. The number of hydrogen-bond acceptors (Lipinski definition) is 7. The number of primary amides is 1. The van der Waals surface area contributed by atoms with Crippen molar-refractivity contribution in [3.63, 3.8) is 0 Å². The molecule has 2 aromatic heterocycles. The molecule has 1 aromatic carbocycles. The van der Waals surface area contributed by atoms with E-state index in [0.717, 1.165) is 25.0 Å². The van der Waals surface area contributed by atoms with E-state index < -0.39 is 11.6 Å². The molecule has 192 valence electrons. The van der Waals surface area contributed by atoms with E-state index in [0.29, 0.717) is 55.4 Å². The third kappa shape index (κ3) is 5.08. The molecular formula is C24H28ClF2N7O2. The van der Waals surface area contributed by atoms with Gasteiger partial charge in [-0.15, -0.1) is 0 Å². The Bertz CT molecular complexity index is 1260. The second-order valence-electron chi connectivity index (χ2n) is 9.53. The van der Waals surface area contributed by atoms with E-state index in [9.17, 15) is 13.6 Å². The summed E-state index contributed by atoms with van der Waals surface area (Å²) in [4.78, 5) is 25.5. The van der Waals surface area contributed by atoms with Gasteiger partial charge in [-0.1, -0.05) is 11.6 Å². The average Bonchev–Trinajstić information content (AvgIpc) is 3.18. The molecule has 1 aliphatic heterocycles. The normalized spacial score (nSPS) is 24.6. The molecule has 36 heavy (non-hydrogen) atoms. The highest BCUT2D eigenvalue weighted by Crippen LogP contribution is 2.38. The Morgan fingerprint density at radius 3 is 2.67 bits per heavy atom. The van der Waals surface area contributed by atoms with Crippen LogP contribution >= 0.6 is 11.6 Å². The number of anilines is 3. The predicted octanol–water partition coefficient (Wildman–Crippen LogP) is 4.70. The van der Waals surface area contributed by atoms with E-state index >= 15 is 0 Å². The van der Waals surface area contributed by atoms with Gasteiger partial charge in [0.25, 0.3) is 0 Å². The molecule has 2 fully saturated rings. The van der Waals surface area contributed by atoms with E-state index in [1.807, 2.05) is 11.5 Å². The number of imidazole rings is 1. The number of fused-ring (bicyclic) bond motifs is 1. The average molecular weight is 520 g/mol. The zero-order valence-electron chi connectivity index (χ0n) is 19.8. The highest BCUT2D eigenvalue weighted by Gasteiger charge is 2.30. The number of nitrogens with one attached hydrogen (secondary N) is 2. The molecule has 0 bridgehead atoms. The minimum atomic E-state index is -0.835. The van der Waals surface area contributed by atoms with Crippen LogP contribution in [0.3, 0.4) is 0 Å². The van der Waals surface area contributed by atoms with E-state index in [1.165, 1.54) is 0 Å². The van der Waals surface area contributed by atoms with Crippen molar-refractivity contribution < 1.29 is 18.3 Å². The minimum absolute atomic E-state index is 0.0683. The summed E-state index contributed by atoms with van der Waals surface area (Å²) >= 11 is 6.14. The molecule has 3 heterocycles. The molecule has 5 rings (SSSR count). The summed E-state index contributed by atoms with van der Waals surface area (Å²) in [6.45, 7) is 2.70. The molecule has 4 N–H and O–H groups in total. The van der Waals surface area contributed by atoms with Crippen LogP contribution in [0.5, 0.6) is 0 Å². The highest BCUT2D eigenvalue weighted by atomic mass is 35.5. The predicted molar refractivity (Wildman–Crippen MR) is 132 cm³/mol. The fourth-order valence-electron chi connectivity index (χ4n) is 5.10. The Labute approximate surface area is 211 Å². The third-order valence-corrected chi connectivity index (χ3v) is 7.26. The van der Waals surface area contributed by atoms with Crippen LogP contribution in [-0.2, 0) is 9.53 Å². The summed E-state index contributed by atoms with van der Waals surface area (Å²) in [5.41, 5.74) is 6.52. The van der Waals surface area contributed by atoms with Gasteiger partial charge >= 0.3 is 0 Å². The van der Waals surface area contributed by atoms with Crippen molar-refractivity contribution >= 4 is 46.3 Å². The molecule has 0 unspecified atom stereocenters. The summed E-state index contributed by atoms with van der Waals surface area (Å²) in [6.07, 6.45) is 6.03. The lowest BCUT2D eigenvalue weighted by atomic mass is 9.85. The van der Waals surface area contributed by atoms with Gasteiger partial charge in [0.2, 0.25) is 17.8 Å². The molecular weight excluding hydrogens is 492 g/mol. The molecule has 1 amide bonds. The van der Waals surface area contributed by atoms with Crippen LogP contribution in [0, 0.1) is 17.6 Å². The summed E-state index contributed by atoms with van der Waals surface area (Å²) < 4.78 is 35.7. The second-order valence-corrected chi connectivity index (χ2v) is 9.94. The fourth-order valence-corrected chi connectivity index (χ4v) is 5.34. The zero-order valence-corrected chi connectivity index (χ0v) is 20.6. The summed E-state index contributed by atoms with van der Waals surface area (Å²) in [5.74, 6) is -1.32. The molecule has 0 radical (unpaired) electrons. The first-order chi connectivity index (χ1) is 17.3. The quantitative estimate of drug-likeness (QED) is 0.432. The van der Waals surface area contributed by atoms with Gasteiger partial charge in [-0.05, 0) is 51.5 Å². The Morgan fingerprint density at radius 1 is 1.19 bits per heavy atom. The van der Waals surface area contributed by atoms with Crippen LogP contribution in [0.15, 0.2) is 18.3 Å². The maximum absolute atomic E-state index is 14.6. The van der Waals surface area contributed by atoms with Gasteiger partial charge in [0.05, 0.1) is 23.0 Å². The monoisotopic (exact) mass is 519 g/mol. The smallest absolute Gasteiger partial charge is 0.224 e. The van der Waals surface area contributed by atoms with Crippen molar-refractivity contribution in [2.24, 2.45) is 11.7 Å². The third-order valence-electron chi connectivity index (χ3n) is 6.96. The summed E-state index contributed by atoms with van der Waals surface area (Å²) in [6, 6.07) is 1.91. The Hall–Kier alpha value is -3.05. The van der Waals surface area contributed by atoms with Gasteiger partial charge in [0.15, 0.2) is 11.5 Å². The number of aromatic nitrogens is 4. The number of carbonyl (C=O) groups is 1. The first-order valence-corrected chi connectivity index (χ1v) is 12.5. The number of carbonyl (C=O) groups excluding carboxylic acids is 1. The van der Waals surface area contributed by atoms with Crippen molar-refractivity contribution in [3.8, 4) is 0 Å². The van der Waals surface area contributed by atoms with E-state index in [2.05, 4.69) is 20.6 Å². The first-order valence-electron chi connectivity index (χ1n) is 12.1. The molecule has 12 heteroatoms. The maximum atomic E-state index is 14.6. The van der Waals surface area contributed by atoms with Crippen LogP contribution in [0.4, 0.5) is 26.4 Å². The lowest BCUT2D eigenvalue weighted by Gasteiger charge is -2.29. The number of nitrogens with two attached hydrogens (primary N) is 1.